The van der Waals surface area contributed by atoms with Gasteiger partial charge in [-0.3, -0.25) is 0 Å². The summed E-state index contributed by atoms with van der Waals surface area (Å²) in [4.78, 5) is 11.2. The van der Waals surface area contributed by atoms with Gasteiger partial charge in [0.15, 0.2) is 0 Å². The van der Waals surface area contributed by atoms with Gasteiger partial charge in [0.25, 0.3) is 0 Å². The molecule has 0 saturated carbocycles. The highest BCUT2D eigenvalue weighted by Gasteiger charge is 1.98. The second-order valence-electron chi connectivity index (χ2n) is 5.91. The Morgan fingerprint density at radius 1 is 1.00 bits per heavy atom. The molecule has 0 radical (unpaired) electrons. The fourth-order valence-corrected chi connectivity index (χ4v) is 2.71. The zero-order valence-corrected chi connectivity index (χ0v) is 14.8. The molecule has 0 unspecified atom stereocenters. The lowest BCUT2D eigenvalue weighted by Gasteiger charge is -2.07. The first-order valence-electron chi connectivity index (χ1n) is 8.75. The smallest absolute Gasteiger partial charge is 0.384 e. The second kappa shape index (κ2) is 8.73. The van der Waals surface area contributed by atoms with E-state index in [0.29, 0.717) is 6.61 Å². The van der Waals surface area contributed by atoms with E-state index in [2.05, 4.69) is 59.6 Å². The SMILES string of the molecule is CCOC(=O)C#Cc1ccc(NCCc2ccc3ccccc3c2)cc1. The summed E-state index contributed by atoms with van der Waals surface area (Å²) in [6, 6.07) is 22.7. The Morgan fingerprint density at radius 2 is 1.77 bits per heavy atom. The number of fused-ring (bicyclic) bond motifs is 1. The standard InChI is InChI=1S/C23H21NO2/c1-2-26-23(25)14-10-18-8-12-22(13-9-18)24-16-15-19-7-11-20-5-3-4-6-21(20)17-19/h3-9,11-13,17,24H,2,15-16H2,1H3. The molecule has 3 rings (SSSR count). The Labute approximate surface area is 154 Å². The molecule has 0 aliphatic heterocycles. The van der Waals surface area contributed by atoms with Crippen LogP contribution in [0.3, 0.4) is 0 Å². The quantitative estimate of drug-likeness (QED) is 0.551. The summed E-state index contributed by atoms with van der Waals surface area (Å²) in [5.41, 5.74) is 3.14. The lowest BCUT2D eigenvalue weighted by atomic mass is 10.1. The molecule has 3 aromatic rings. The van der Waals surface area contributed by atoms with Crippen LogP contribution < -0.4 is 5.32 Å². The maximum atomic E-state index is 11.2. The first kappa shape index (κ1) is 17.6. The number of nitrogens with one attached hydrogen (secondary N) is 1. The number of anilines is 1. The average Bonchev–Trinajstić information content (AvgIpc) is 2.67. The zero-order chi connectivity index (χ0) is 18.2. The van der Waals surface area contributed by atoms with Crippen molar-refractivity contribution in [3.05, 3.63) is 77.9 Å². The molecule has 0 bridgehead atoms. The van der Waals surface area contributed by atoms with Gasteiger partial charge in [-0.15, -0.1) is 0 Å². The molecule has 1 N–H and O–H groups in total. The molecule has 0 saturated heterocycles. The summed E-state index contributed by atoms with van der Waals surface area (Å²) < 4.78 is 4.78. The molecule has 0 amide bonds. The number of hydrogen-bond acceptors (Lipinski definition) is 3. The van der Waals surface area contributed by atoms with Crippen LogP contribution in [0.25, 0.3) is 10.8 Å². The molecule has 0 spiro atoms. The van der Waals surface area contributed by atoms with E-state index < -0.39 is 5.97 Å². The molecule has 0 atom stereocenters. The molecule has 0 aromatic heterocycles. The molecule has 3 aromatic carbocycles. The highest BCUT2D eigenvalue weighted by Crippen LogP contribution is 2.16. The minimum absolute atomic E-state index is 0.341. The second-order valence-corrected chi connectivity index (χ2v) is 5.91. The highest BCUT2D eigenvalue weighted by molar-refractivity contribution is 5.89. The fourth-order valence-electron chi connectivity index (χ4n) is 2.71. The van der Waals surface area contributed by atoms with E-state index in [0.717, 1.165) is 24.2 Å². The number of esters is 1. The van der Waals surface area contributed by atoms with Gasteiger partial charge >= 0.3 is 5.97 Å². The van der Waals surface area contributed by atoms with Crippen molar-refractivity contribution in [1.82, 2.24) is 0 Å². The summed E-state index contributed by atoms with van der Waals surface area (Å²) in [5, 5.41) is 5.95. The van der Waals surface area contributed by atoms with Crippen molar-refractivity contribution in [2.75, 3.05) is 18.5 Å². The van der Waals surface area contributed by atoms with Gasteiger partial charge in [-0.05, 0) is 53.9 Å². The summed E-state index contributed by atoms with van der Waals surface area (Å²) in [7, 11) is 0. The summed E-state index contributed by atoms with van der Waals surface area (Å²) in [6.07, 6.45) is 0.954. The van der Waals surface area contributed by atoms with Crippen molar-refractivity contribution < 1.29 is 9.53 Å². The van der Waals surface area contributed by atoms with Gasteiger partial charge in [0.1, 0.15) is 0 Å². The van der Waals surface area contributed by atoms with Crippen LogP contribution in [-0.4, -0.2) is 19.1 Å². The van der Waals surface area contributed by atoms with Gasteiger partial charge in [0.05, 0.1) is 6.61 Å². The number of carbonyl (C=O) groups excluding carboxylic acids is 1. The van der Waals surface area contributed by atoms with Gasteiger partial charge in [0, 0.05) is 23.7 Å². The largest absolute Gasteiger partial charge is 0.456 e. The van der Waals surface area contributed by atoms with E-state index in [1.54, 1.807) is 6.92 Å². The van der Waals surface area contributed by atoms with Crippen LogP contribution in [0.1, 0.15) is 18.1 Å². The predicted octanol–water partition coefficient (Wildman–Crippen LogP) is 4.41. The van der Waals surface area contributed by atoms with Crippen LogP contribution in [0.4, 0.5) is 5.69 Å². The van der Waals surface area contributed by atoms with Gasteiger partial charge in [-0.25, -0.2) is 4.79 Å². The third kappa shape index (κ3) is 4.87. The maximum Gasteiger partial charge on any atom is 0.384 e. The molecule has 0 aliphatic rings. The van der Waals surface area contributed by atoms with E-state index in [4.69, 9.17) is 4.74 Å². The molecule has 0 aliphatic carbocycles. The number of hydrogen-bond donors (Lipinski definition) is 1. The summed E-state index contributed by atoms with van der Waals surface area (Å²) in [5.74, 6) is 4.77. The van der Waals surface area contributed by atoms with Crippen LogP contribution in [0, 0.1) is 11.8 Å². The van der Waals surface area contributed by atoms with Gasteiger partial charge in [-0.2, -0.15) is 0 Å². The van der Waals surface area contributed by atoms with Gasteiger partial charge in [-0.1, -0.05) is 48.4 Å². The normalized spacial score (nSPS) is 10.0. The van der Waals surface area contributed by atoms with Crippen molar-refractivity contribution in [2.24, 2.45) is 0 Å². The number of ether oxygens (including phenoxy) is 1. The molecular weight excluding hydrogens is 322 g/mol. The number of carbonyl (C=O) groups is 1. The van der Waals surface area contributed by atoms with Crippen molar-refractivity contribution >= 4 is 22.4 Å². The molecule has 0 heterocycles. The van der Waals surface area contributed by atoms with Crippen LogP contribution in [-0.2, 0) is 16.0 Å². The molecule has 3 nitrogen and oxygen atoms in total. The lowest BCUT2D eigenvalue weighted by molar-refractivity contribution is -0.136. The van der Waals surface area contributed by atoms with E-state index in [1.165, 1.54) is 16.3 Å². The van der Waals surface area contributed by atoms with E-state index in [-0.39, 0.29) is 0 Å². The average molecular weight is 343 g/mol. The first-order valence-corrected chi connectivity index (χ1v) is 8.75. The van der Waals surface area contributed by atoms with E-state index in [1.807, 2.05) is 24.3 Å². The predicted molar refractivity (Wildman–Crippen MR) is 106 cm³/mol. The van der Waals surface area contributed by atoms with Crippen LogP contribution in [0.15, 0.2) is 66.7 Å². The zero-order valence-electron chi connectivity index (χ0n) is 14.8. The Balaban J connectivity index is 1.53. The van der Waals surface area contributed by atoms with Crippen molar-refractivity contribution in [3.8, 4) is 11.8 Å². The Kier molecular flexibility index (Phi) is 5.90. The molecular formula is C23H21NO2. The summed E-state index contributed by atoms with van der Waals surface area (Å²) in [6.45, 7) is 2.96. The fraction of sp³-hybridized carbons (Fsp3) is 0.174. The van der Waals surface area contributed by atoms with E-state index in [9.17, 15) is 4.79 Å². The highest BCUT2D eigenvalue weighted by atomic mass is 16.5. The molecule has 26 heavy (non-hydrogen) atoms. The number of rotatable bonds is 5. The minimum Gasteiger partial charge on any atom is -0.456 e. The van der Waals surface area contributed by atoms with Crippen LogP contribution >= 0.6 is 0 Å². The third-order valence-corrected chi connectivity index (χ3v) is 4.03. The monoisotopic (exact) mass is 343 g/mol. The lowest BCUT2D eigenvalue weighted by Crippen LogP contribution is -2.04. The minimum atomic E-state index is -0.495. The van der Waals surface area contributed by atoms with Gasteiger partial charge < -0.3 is 10.1 Å². The Hall–Kier alpha value is -3.25. The van der Waals surface area contributed by atoms with Crippen molar-refractivity contribution in [2.45, 2.75) is 13.3 Å². The maximum absolute atomic E-state index is 11.2. The Morgan fingerprint density at radius 3 is 2.54 bits per heavy atom. The van der Waals surface area contributed by atoms with Crippen LogP contribution in [0.2, 0.25) is 0 Å². The van der Waals surface area contributed by atoms with Crippen LogP contribution in [0.5, 0.6) is 0 Å². The van der Waals surface area contributed by atoms with Crippen molar-refractivity contribution in [1.29, 1.82) is 0 Å². The molecule has 0 fully saturated rings. The topological polar surface area (TPSA) is 38.3 Å². The molecule has 130 valence electrons. The molecule has 3 heteroatoms. The third-order valence-electron chi connectivity index (χ3n) is 4.03. The summed E-state index contributed by atoms with van der Waals surface area (Å²) >= 11 is 0. The first-order chi connectivity index (χ1) is 12.7. The van der Waals surface area contributed by atoms with Gasteiger partial charge in [0.2, 0.25) is 0 Å². The Bertz CT molecular complexity index is 949. The number of benzene rings is 3. The van der Waals surface area contributed by atoms with E-state index >= 15 is 0 Å². The van der Waals surface area contributed by atoms with Crippen molar-refractivity contribution in [3.63, 3.8) is 0 Å².